The molecule has 1 heterocycles. The molecule has 5 heteroatoms. The van der Waals surface area contributed by atoms with Crippen LogP contribution < -0.4 is 0 Å². The molecule has 15 heavy (non-hydrogen) atoms. The molecule has 2 aromatic rings. The summed E-state index contributed by atoms with van der Waals surface area (Å²) in [7, 11) is 0. The Morgan fingerprint density at radius 3 is 2.67 bits per heavy atom. The van der Waals surface area contributed by atoms with Crippen LogP contribution in [0, 0.1) is 19.7 Å². The summed E-state index contributed by atoms with van der Waals surface area (Å²) in [4.78, 5) is 0. The van der Waals surface area contributed by atoms with Crippen molar-refractivity contribution in [2.75, 3.05) is 0 Å². The van der Waals surface area contributed by atoms with Crippen LogP contribution in [0.5, 0.6) is 0 Å². The van der Waals surface area contributed by atoms with Crippen molar-refractivity contribution in [2.45, 2.75) is 13.8 Å². The van der Waals surface area contributed by atoms with Crippen molar-refractivity contribution in [3.05, 3.63) is 39.9 Å². The van der Waals surface area contributed by atoms with E-state index in [1.165, 1.54) is 12.1 Å². The van der Waals surface area contributed by atoms with Crippen LogP contribution in [0.15, 0.2) is 22.7 Å². The van der Waals surface area contributed by atoms with Gasteiger partial charge in [-0.1, -0.05) is 5.21 Å². The number of aromatic nitrogens is 3. The smallest absolute Gasteiger partial charge is 0.125 e. The van der Waals surface area contributed by atoms with Crippen molar-refractivity contribution >= 4 is 15.9 Å². The fraction of sp³-hybridized carbons (Fsp3) is 0.200. The van der Waals surface area contributed by atoms with Crippen LogP contribution in [-0.2, 0) is 0 Å². The summed E-state index contributed by atoms with van der Waals surface area (Å²) in [6, 6.07) is 4.47. The molecule has 0 amide bonds. The largest absolute Gasteiger partial charge is 0.216 e. The number of benzene rings is 1. The second-order valence-corrected chi connectivity index (χ2v) is 4.12. The van der Waals surface area contributed by atoms with Crippen molar-refractivity contribution in [3.8, 4) is 5.69 Å². The predicted octanol–water partition coefficient (Wildman–Crippen LogP) is 2.79. The normalized spacial score (nSPS) is 10.7. The molecule has 0 atom stereocenters. The Balaban J connectivity index is 2.63. The summed E-state index contributed by atoms with van der Waals surface area (Å²) in [6.07, 6.45) is 0. The number of halogens is 2. The zero-order chi connectivity index (χ0) is 11.0. The van der Waals surface area contributed by atoms with E-state index in [2.05, 4.69) is 26.2 Å². The van der Waals surface area contributed by atoms with Gasteiger partial charge >= 0.3 is 0 Å². The molecule has 0 fully saturated rings. The molecular weight excluding hydrogens is 261 g/mol. The quantitative estimate of drug-likeness (QED) is 0.797. The summed E-state index contributed by atoms with van der Waals surface area (Å²) in [5.74, 6) is -0.291. The molecule has 0 bridgehead atoms. The van der Waals surface area contributed by atoms with Gasteiger partial charge in [0.25, 0.3) is 0 Å². The van der Waals surface area contributed by atoms with Gasteiger partial charge in [-0.25, -0.2) is 9.07 Å². The lowest BCUT2D eigenvalue weighted by atomic mass is 10.3. The molecule has 1 aromatic carbocycles. The molecule has 2 rings (SSSR count). The van der Waals surface area contributed by atoms with Crippen molar-refractivity contribution in [1.29, 1.82) is 0 Å². The van der Waals surface area contributed by atoms with E-state index >= 15 is 0 Å². The van der Waals surface area contributed by atoms with Crippen LogP contribution in [0.25, 0.3) is 5.69 Å². The van der Waals surface area contributed by atoms with E-state index in [-0.39, 0.29) is 5.82 Å². The SMILES string of the molecule is Cc1nnn(-c2cc(F)ccc2Br)c1C. The van der Waals surface area contributed by atoms with E-state index < -0.39 is 0 Å². The first-order chi connectivity index (χ1) is 7.09. The fourth-order valence-electron chi connectivity index (χ4n) is 1.28. The molecule has 0 N–H and O–H groups in total. The highest BCUT2D eigenvalue weighted by Crippen LogP contribution is 2.22. The third-order valence-electron chi connectivity index (χ3n) is 2.26. The second kappa shape index (κ2) is 3.73. The molecular formula is C10H9BrFN3. The molecule has 0 spiro atoms. The van der Waals surface area contributed by atoms with E-state index in [0.29, 0.717) is 5.69 Å². The highest BCUT2D eigenvalue weighted by atomic mass is 79.9. The predicted molar refractivity (Wildman–Crippen MR) is 58.5 cm³/mol. The van der Waals surface area contributed by atoms with Gasteiger partial charge in [-0.2, -0.15) is 0 Å². The minimum atomic E-state index is -0.291. The molecule has 3 nitrogen and oxygen atoms in total. The van der Waals surface area contributed by atoms with Crippen LogP contribution in [0.3, 0.4) is 0 Å². The molecule has 0 radical (unpaired) electrons. The minimum absolute atomic E-state index is 0.291. The molecule has 78 valence electrons. The van der Waals surface area contributed by atoms with Crippen LogP contribution in [0.4, 0.5) is 4.39 Å². The van der Waals surface area contributed by atoms with Gasteiger partial charge in [0.05, 0.1) is 17.1 Å². The van der Waals surface area contributed by atoms with Crippen LogP contribution >= 0.6 is 15.9 Å². The van der Waals surface area contributed by atoms with Crippen LogP contribution in [-0.4, -0.2) is 15.0 Å². The monoisotopic (exact) mass is 269 g/mol. The van der Waals surface area contributed by atoms with Crippen molar-refractivity contribution in [2.24, 2.45) is 0 Å². The van der Waals surface area contributed by atoms with Crippen molar-refractivity contribution in [3.63, 3.8) is 0 Å². The maximum Gasteiger partial charge on any atom is 0.125 e. The maximum absolute atomic E-state index is 13.1. The first-order valence-corrected chi connectivity index (χ1v) is 5.23. The summed E-state index contributed by atoms with van der Waals surface area (Å²) in [5.41, 5.74) is 2.40. The standard InChI is InChI=1S/C10H9BrFN3/c1-6-7(2)15(14-13-6)10-5-8(12)3-4-9(10)11/h3-5H,1-2H3. The highest BCUT2D eigenvalue weighted by molar-refractivity contribution is 9.10. The first kappa shape index (κ1) is 10.3. The zero-order valence-corrected chi connectivity index (χ0v) is 9.92. The molecule has 0 saturated carbocycles. The number of rotatable bonds is 1. The average Bonchev–Trinajstić information content (AvgIpc) is 2.52. The van der Waals surface area contributed by atoms with Gasteiger partial charge in [-0.15, -0.1) is 5.10 Å². The molecule has 0 saturated heterocycles. The molecule has 0 aliphatic rings. The van der Waals surface area contributed by atoms with E-state index in [9.17, 15) is 4.39 Å². The Morgan fingerprint density at radius 2 is 2.07 bits per heavy atom. The van der Waals surface area contributed by atoms with Gasteiger partial charge in [0.2, 0.25) is 0 Å². The van der Waals surface area contributed by atoms with Crippen LogP contribution in [0.2, 0.25) is 0 Å². The lowest BCUT2D eigenvalue weighted by Crippen LogP contribution is -2.00. The third-order valence-corrected chi connectivity index (χ3v) is 2.93. The van der Waals surface area contributed by atoms with Gasteiger partial charge in [0, 0.05) is 10.5 Å². The molecule has 0 aliphatic heterocycles. The Labute approximate surface area is 95.0 Å². The second-order valence-electron chi connectivity index (χ2n) is 3.27. The Kier molecular flexibility index (Phi) is 2.56. The Hall–Kier alpha value is -1.23. The molecule has 0 aliphatic carbocycles. The lowest BCUT2D eigenvalue weighted by Gasteiger charge is -2.05. The van der Waals surface area contributed by atoms with Crippen LogP contribution in [0.1, 0.15) is 11.4 Å². The minimum Gasteiger partial charge on any atom is -0.216 e. The number of hydrogen-bond donors (Lipinski definition) is 0. The maximum atomic E-state index is 13.1. The summed E-state index contributed by atoms with van der Waals surface area (Å²) >= 11 is 3.36. The van der Waals surface area contributed by atoms with Gasteiger partial charge in [-0.05, 0) is 41.9 Å². The first-order valence-electron chi connectivity index (χ1n) is 4.44. The number of nitrogens with zero attached hydrogens (tertiary/aromatic N) is 3. The Morgan fingerprint density at radius 1 is 1.33 bits per heavy atom. The van der Waals surface area contributed by atoms with Gasteiger partial charge < -0.3 is 0 Å². The van der Waals surface area contributed by atoms with Crippen molar-refractivity contribution < 1.29 is 4.39 Å². The van der Waals surface area contributed by atoms with Gasteiger partial charge in [-0.3, -0.25) is 0 Å². The summed E-state index contributed by atoms with van der Waals surface area (Å²) in [5, 5.41) is 7.89. The topological polar surface area (TPSA) is 30.7 Å². The number of hydrogen-bond acceptors (Lipinski definition) is 2. The average molecular weight is 270 g/mol. The lowest BCUT2D eigenvalue weighted by molar-refractivity contribution is 0.624. The highest BCUT2D eigenvalue weighted by Gasteiger charge is 2.10. The third kappa shape index (κ3) is 1.79. The van der Waals surface area contributed by atoms with Gasteiger partial charge in [0.1, 0.15) is 5.82 Å². The van der Waals surface area contributed by atoms with Gasteiger partial charge in [0.15, 0.2) is 0 Å². The van der Waals surface area contributed by atoms with Crippen molar-refractivity contribution in [1.82, 2.24) is 15.0 Å². The Bertz CT molecular complexity index is 507. The fourth-order valence-corrected chi connectivity index (χ4v) is 1.70. The zero-order valence-electron chi connectivity index (χ0n) is 8.33. The molecule has 0 unspecified atom stereocenters. The summed E-state index contributed by atoms with van der Waals surface area (Å²) < 4.78 is 15.5. The number of aryl methyl sites for hydroxylation is 1. The van der Waals surface area contributed by atoms with E-state index in [1.807, 2.05) is 13.8 Å². The summed E-state index contributed by atoms with van der Waals surface area (Å²) in [6.45, 7) is 3.76. The van der Waals surface area contributed by atoms with E-state index in [4.69, 9.17) is 0 Å². The molecule has 1 aromatic heterocycles. The van der Waals surface area contributed by atoms with E-state index in [0.717, 1.165) is 15.9 Å². The van der Waals surface area contributed by atoms with E-state index in [1.54, 1.807) is 10.7 Å².